The summed E-state index contributed by atoms with van der Waals surface area (Å²) in [7, 11) is 0. The van der Waals surface area contributed by atoms with E-state index in [0.717, 1.165) is 12.1 Å². The molecule has 0 aliphatic carbocycles. The fourth-order valence-electron chi connectivity index (χ4n) is 2.03. The van der Waals surface area contributed by atoms with Crippen LogP contribution in [0.1, 0.15) is 5.56 Å². The first-order valence-corrected chi connectivity index (χ1v) is 6.95. The van der Waals surface area contributed by atoms with Crippen LogP contribution in [-0.4, -0.2) is 9.97 Å². The van der Waals surface area contributed by atoms with Gasteiger partial charge in [0.15, 0.2) is 11.6 Å². The van der Waals surface area contributed by atoms with E-state index in [9.17, 15) is 8.78 Å². The standard InChI is InChI=1S/C17H11F2N5/c18-14-5-4-13(7-15(14)19)24-17-8-16(21-10-22-17)23-12-3-1-2-11(6-12)9-20/h1-8,10H,(H2,21,22,23,24). The van der Waals surface area contributed by atoms with Crippen LogP contribution >= 0.6 is 0 Å². The summed E-state index contributed by atoms with van der Waals surface area (Å²) in [5.41, 5.74) is 1.59. The van der Waals surface area contributed by atoms with Crippen LogP contribution in [0.4, 0.5) is 31.8 Å². The Bertz CT molecular complexity index is 921. The van der Waals surface area contributed by atoms with Crippen LogP contribution in [0.3, 0.4) is 0 Å². The van der Waals surface area contributed by atoms with Crippen molar-refractivity contribution in [3.63, 3.8) is 0 Å². The molecule has 0 aliphatic heterocycles. The Morgan fingerprint density at radius 3 is 2.21 bits per heavy atom. The van der Waals surface area contributed by atoms with Crippen molar-refractivity contribution in [2.24, 2.45) is 0 Å². The van der Waals surface area contributed by atoms with Gasteiger partial charge in [0.2, 0.25) is 0 Å². The molecular formula is C17H11F2N5. The lowest BCUT2D eigenvalue weighted by Gasteiger charge is -2.09. The molecule has 7 heteroatoms. The number of rotatable bonds is 4. The van der Waals surface area contributed by atoms with Crippen molar-refractivity contribution in [2.45, 2.75) is 0 Å². The molecule has 1 aromatic heterocycles. The molecule has 3 aromatic rings. The molecular weight excluding hydrogens is 312 g/mol. The molecule has 0 radical (unpaired) electrons. The topological polar surface area (TPSA) is 73.6 Å². The van der Waals surface area contributed by atoms with Gasteiger partial charge in [-0.2, -0.15) is 5.26 Å². The van der Waals surface area contributed by atoms with Crippen LogP contribution in [-0.2, 0) is 0 Å². The molecule has 0 bridgehead atoms. The molecule has 3 rings (SSSR count). The highest BCUT2D eigenvalue weighted by Crippen LogP contribution is 2.21. The summed E-state index contributed by atoms with van der Waals surface area (Å²) in [4.78, 5) is 8.12. The SMILES string of the molecule is N#Cc1cccc(Nc2cc(Nc3ccc(F)c(F)c3)ncn2)c1. The molecule has 118 valence electrons. The van der Waals surface area contributed by atoms with E-state index in [-0.39, 0.29) is 0 Å². The van der Waals surface area contributed by atoms with Crippen LogP contribution in [0.15, 0.2) is 54.9 Å². The number of aromatic nitrogens is 2. The Balaban J connectivity index is 1.78. The summed E-state index contributed by atoms with van der Waals surface area (Å²) in [5, 5.41) is 14.8. The second kappa shape index (κ2) is 6.71. The van der Waals surface area contributed by atoms with Gasteiger partial charge in [0.05, 0.1) is 11.6 Å². The minimum absolute atomic E-state index is 0.366. The lowest BCUT2D eigenvalue weighted by molar-refractivity contribution is 0.509. The minimum atomic E-state index is -0.944. The van der Waals surface area contributed by atoms with Gasteiger partial charge < -0.3 is 10.6 Å². The van der Waals surface area contributed by atoms with Crippen molar-refractivity contribution in [2.75, 3.05) is 10.6 Å². The monoisotopic (exact) mass is 323 g/mol. The van der Waals surface area contributed by atoms with E-state index in [1.165, 1.54) is 12.4 Å². The predicted molar refractivity (Wildman–Crippen MR) is 86.1 cm³/mol. The molecule has 0 saturated carbocycles. The Morgan fingerprint density at radius 2 is 1.54 bits per heavy atom. The minimum Gasteiger partial charge on any atom is -0.340 e. The lowest BCUT2D eigenvalue weighted by atomic mass is 10.2. The average molecular weight is 323 g/mol. The van der Waals surface area contributed by atoms with Crippen LogP contribution in [0.5, 0.6) is 0 Å². The third kappa shape index (κ3) is 3.62. The van der Waals surface area contributed by atoms with Crippen LogP contribution < -0.4 is 10.6 Å². The summed E-state index contributed by atoms with van der Waals surface area (Å²) >= 11 is 0. The molecule has 0 amide bonds. The number of hydrogen-bond acceptors (Lipinski definition) is 5. The maximum absolute atomic E-state index is 13.2. The number of nitrogens with zero attached hydrogens (tertiary/aromatic N) is 3. The normalized spacial score (nSPS) is 10.0. The van der Waals surface area contributed by atoms with Crippen molar-refractivity contribution in [3.8, 4) is 6.07 Å². The van der Waals surface area contributed by atoms with Gasteiger partial charge in [0.25, 0.3) is 0 Å². The van der Waals surface area contributed by atoms with Gasteiger partial charge in [0, 0.05) is 23.5 Å². The molecule has 1 heterocycles. The van der Waals surface area contributed by atoms with Gasteiger partial charge in [-0.1, -0.05) is 6.07 Å². The number of nitrogens with one attached hydrogen (secondary N) is 2. The third-order valence-corrected chi connectivity index (χ3v) is 3.12. The van der Waals surface area contributed by atoms with E-state index in [4.69, 9.17) is 5.26 Å². The van der Waals surface area contributed by atoms with E-state index in [0.29, 0.717) is 28.6 Å². The molecule has 0 saturated heterocycles. The van der Waals surface area contributed by atoms with E-state index >= 15 is 0 Å². The Kier molecular flexibility index (Phi) is 4.29. The first kappa shape index (κ1) is 15.4. The van der Waals surface area contributed by atoms with Crippen molar-refractivity contribution in [1.29, 1.82) is 5.26 Å². The fourth-order valence-corrected chi connectivity index (χ4v) is 2.03. The lowest BCUT2D eigenvalue weighted by Crippen LogP contribution is -1.99. The van der Waals surface area contributed by atoms with Crippen LogP contribution in [0.25, 0.3) is 0 Å². The van der Waals surface area contributed by atoms with Gasteiger partial charge in [0.1, 0.15) is 18.0 Å². The summed E-state index contributed by atoms with van der Waals surface area (Å²) in [5.74, 6) is -0.955. The van der Waals surface area contributed by atoms with Crippen molar-refractivity contribution in [3.05, 3.63) is 72.1 Å². The quantitative estimate of drug-likeness (QED) is 0.756. The zero-order chi connectivity index (χ0) is 16.9. The first-order chi connectivity index (χ1) is 11.6. The zero-order valence-corrected chi connectivity index (χ0v) is 12.3. The zero-order valence-electron chi connectivity index (χ0n) is 12.3. The number of hydrogen-bond donors (Lipinski definition) is 2. The van der Waals surface area contributed by atoms with Gasteiger partial charge >= 0.3 is 0 Å². The molecule has 2 aromatic carbocycles. The first-order valence-electron chi connectivity index (χ1n) is 6.95. The smallest absolute Gasteiger partial charge is 0.160 e. The van der Waals surface area contributed by atoms with Gasteiger partial charge in [-0.05, 0) is 30.3 Å². The molecule has 0 unspecified atom stereocenters. The number of benzene rings is 2. The van der Waals surface area contributed by atoms with Gasteiger partial charge in [-0.25, -0.2) is 18.7 Å². The highest BCUT2D eigenvalue weighted by atomic mass is 19.2. The summed E-state index contributed by atoms with van der Waals surface area (Å²) in [6.45, 7) is 0. The van der Waals surface area contributed by atoms with Crippen molar-refractivity contribution >= 4 is 23.0 Å². The largest absolute Gasteiger partial charge is 0.340 e. The van der Waals surface area contributed by atoms with E-state index in [1.807, 2.05) is 0 Å². The van der Waals surface area contributed by atoms with Crippen LogP contribution in [0, 0.1) is 23.0 Å². The summed E-state index contributed by atoms with van der Waals surface area (Å²) in [6, 6.07) is 14.1. The molecule has 0 aliphatic rings. The Morgan fingerprint density at radius 1 is 0.833 bits per heavy atom. The summed E-state index contributed by atoms with van der Waals surface area (Å²) < 4.78 is 26.2. The number of nitriles is 1. The Labute approximate surface area is 136 Å². The number of halogens is 2. The van der Waals surface area contributed by atoms with Gasteiger partial charge in [-0.15, -0.1) is 0 Å². The highest BCUT2D eigenvalue weighted by Gasteiger charge is 2.05. The van der Waals surface area contributed by atoms with Crippen LogP contribution in [0.2, 0.25) is 0 Å². The second-order valence-electron chi connectivity index (χ2n) is 4.86. The highest BCUT2D eigenvalue weighted by molar-refractivity contribution is 5.63. The second-order valence-corrected chi connectivity index (χ2v) is 4.86. The molecule has 0 atom stereocenters. The molecule has 2 N–H and O–H groups in total. The van der Waals surface area contributed by atoms with E-state index < -0.39 is 11.6 Å². The Hall–Kier alpha value is -3.53. The predicted octanol–water partition coefficient (Wildman–Crippen LogP) is 4.11. The maximum Gasteiger partial charge on any atom is 0.160 e. The van der Waals surface area contributed by atoms with E-state index in [2.05, 4.69) is 26.7 Å². The average Bonchev–Trinajstić information content (AvgIpc) is 2.59. The van der Waals surface area contributed by atoms with Crippen molar-refractivity contribution < 1.29 is 8.78 Å². The molecule has 5 nitrogen and oxygen atoms in total. The summed E-state index contributed by atoms with van der Waals surface area (Å²) in [6.07, 6.45) is 1.33. The van der Waals surface area contributed by atoms with Gasteiger partial charge in [-0.3, -0.25) is 0 Å². The number of anilines is 4. The maximum atomic E-state index is 13.2. The third-order valence-electron chi connectivity index (χ3n) is 3.12. The fraction of sp³-hybridized carbons (Fsp3) is 0. The molecule has 0 spiro atoms. The van der Waals surface area contributed by atoms with Crippen molar-refractivity contribution in [1.82, 2.24) is 9.97 Å². The molecule has 24 heavy (non-hydrogen) atoms. The van der Waals surface area contributed by atoms with E-state index in [1.54, 1.807) is 30.3 Å². The molecule has 0 fully saturated rings.